The number of hydrogen-bond donors (Lipinski definition) is 1. The zero-order valence-corrected chi connectivity index (χ0v) is 20.6. The molecule has 0 radical (unpaired) electrons. The molecular formula is C27H33FN4O3. The van der Waals surface area contributed by atoms with Gasteiger partial charge < -0.3 is 15.0 Å². The third-order valence-electron chi connectivity index (χ3n) is 6.56. The summed E-state index contributed by atoms with van der Waals surface area (Å²) in [5.74, 6) is -0.646. The number of para-hydroxylation sites is 1. The van der Waals surface area contributed by atoms with Gasteiger partial charge >= 0.3 is 12.0 Å². The van der Waals surface area contributed by atoms with E-state index >= 15 is 0 Å². The van der Waals surface area contributed by atoms with Crippen LogP contribution in [0.15, 0.2) is 59.8 Å². The molecule has 1 atom stereocenters. The highest BCUT2D eigenvalue weighted by molar-refractivity contribution is 5.95. The molecule has 35 heavy (non-hydrogen) atoms. The molecule has 2 aromatic rings. The van der Waals surface area contributed by atoms with E-state index in [2.05, 4.69) is 10.2 Å². The molecule has 1 N–H and O–H groups in total. The quantitative estimate of drug-likeness (QED) is 0.610. The summed E-state index contributed by atoms with van der Waals surface area (Å²) in [5, 5.41) is 3.01. The minimum atomic E-state index is -0.584. The summed E-state index contributed by atoms with van der Waals surface area (Å²) < 4.78 is 19.7. The van der Waals surface area contributed by atoms with Gasteiger partial charge in [0, 0.05) is 45.0 Å². The third kappa shape index (κ3) is 5.32. The van der Waals surface area contributed by atoms with Crippen molar-refractivity contribution in [1.82, 2.24) is 15.1 Å². The molecule has 2 amide bonds. The van der Waals surface area contributed by atoms with Crippen LogP contribution in [0.4, 0.5) is 14.9 Å². The number of likely N-dealkylation sites (N-methyl/N-ethyl adjacent to an activating group) is 1. The van der Waals surface area contributed by atoms with Crippen LogP contribution in [-0.4, -0.2) is 67.7 Å². The average Bonchev–Trinajstić information content (AvgIpc) is 2.85. The zero-order chi connectivity index (χ0) is 24.9. The second kappa shape index (κ2) is 10.9. The first-order valence-electron chi connectivity index (χ1n) is 12.2. The van der Waals surface area contributed by atoms with E-state index in [-0.39, 0.29) is 18.5 Å². The number of amides is 2. The summed E-state index contributed by atoms with van der Waals surface area (Å²) in [5.41, 5.74) is 3.63. The van der Waals surface area contributed by atoms with Gasteiger partial charge in [-0.2, -0.15) is 0 Å². The van der Waals surface area contributed by atoms with Crippen molar-refractivity contribution < 1.29 is 18.7 Å². The fraction of sp³-hybridized carbons (Fsp3) is 0.407. The summed E-state index contributed by atoms with van der Waals surface area (Å²) in [6, 6.07) is 13.8. The number of nitrogens with one attached hydrogen (secondary N) is 1. The van der Waals surface area contributed by atoms with Gasteiger partial charge in [0.15, 0.2) is 0 Å². The first kappa shape index (κ1) is 24.7. The molecule has 0 aliphatic carbocycles. The molecule has 0 spiro atoms. The number of aryl methyl sites for hydroxylation is 1. The lowest BCUT2D eigenvalue weighted by Gasteiger charge is -2.41. The lowest BCUT2D eigenvalue weighted by Crippen LogP contribution is -2.53. The van der Waals surface area contributed by atoms with Gasteiger partial charge in [-0.3, -0.25) is 9.80 Å². The fourth-order valence-electron chi connectivity index (χ4n) is 4.82. The normalized spacial score (nSPS) is 19.1. The first-order chi connectivity index (χ1) is 16.9. The third-order valence-corrected chi connectivity index (χ3v) is 6.56. The fourth-order valence-corrected chi connectivity index (χ4v) is 4.82. The van der Waals surface area contributed by atoms with Crippen LogP contribution in [0.3, 0.4) is 0 Å². The van der Waals surface area contributed by atoms with Crippen LogP contribution in [0, 0.1) is 12.7 Å². The highest BCUT2D eigenvalue weighted by Crippen LogP contribution is 2.32. The Labute approximate surface area is 206 Å². The van der Waals surface area contributed by atoms with Gasteiger partial charge in [0.25, 0.3) is 0 Å². The molecule has 2 aliphatic heterocycles. The lowest BCUT2D eigenvalue weighted by atomic mass is 9.93. The summed E-state index contributed by atoms with van der Waals surface area (Å²) in [7, 11) is 0. The van der Waals surface area contributed by atoms with Crippen molar-refractivity contribution >= 4 is 17.7 Å². The number of carbonyl (C=O) groups is 2. The Kier molecular flexibility index (Phi) is 7.70. The van der Waals surface area contributed by atoms with Crippen molar-refractivity contribution in [3.8, 4) is 0 Å². The molecule has 7 nitrogen and oxygen atoms in total. The number of benzene rings is 2. The Morgan fingerprint density at radius 2 is 1.83 bits per heavy atom. The van der Waals surface area contributed by atoms with Crippen LogP contribution >= 0.6 is 0 Å². The zero-order valence-electron chi connectivity index (χ0n) is 20.6. The van der Waals surface area contributed by atoms with Crippen molar-refractivity contribution in [2.75, 3.05) is 50.8 Å². The van der Waals surface area contributed by atoms with Crippen molar-refractivity contribution in [3.05, 3.63) is 76.7 Å². The molecule has 0 aromatic heterocycles. The monoisotopic (exact) mass is 480 g/mol. The Hall–Kier alpha value is -3.39. The van der Waals surface area contributed by atoms with E-state index in [0.717, 1.165) is 11.1 Å². The van der Waals surface area contributed by atoms with Gasteiger partial charge in [-0.1, -0.05) is 42.0 Å². The number of piperazine rings is 1. The maximum Gasteiger partial charge on any atom is 0.338 e. The molecule has 186 valence electrons. The maximum atomic E-state index is 14.3. The average molecular weight is 481 g/mol. The number of anilines is 1. The molecule has 1 unspecified atom stereocenters. The van der Waals surface area contributed by atoms with Crippen molar-refractivity contribution in [1.29, 1.82) is 0 Å². The maximum absolute atomic E-state index is 14.3. The Balaban J connectivity index is 1.64. The van der Waals surface area contributed by atoms with Gasteiger partial charge in [0.1, 0.15) is 5.82 Å². The van der Waals surface area contributed by atoms with E-state index < -0.39 is 12.0 Å². The predicted molar refractivity (Wildman–Crippen MR) is 134 cm³/mol. The topological polar surface area (TPSA) is 65.1 Å². The smallest absolute Gasteiger partial charge is 0.338 e. The van der Waals surface area contributed by atoms with E-state index in [0.29, 0.717) is 56.2 Å². The van der Waals surface area contributed by atoms with Crippen molar-refractivity contribution in [2.45, 2.75) is 26.8 Å². The highest BCUT2D eigenvalue weighted by Gasteiger charge is 2.38. The van der Waals surface area contributed by atoms with Crippen LogP contribution in [0.25, 0.3) is 0 Å². The number of nitrogens with zero attached hydrogens (tertiary/aromatic N) is 3. The summed E-state index contributed by atoms with van der Waals surface area (Å²) in [4.78, 5) is 32.2. The van der Waals surface area contributed by atoms with E-state index in [1.807, 2.05) is 49.1 Å². The van der Waals surface area contributed by atoms with E-state index in [1.165, 1.54) is 6.07 Å². The van der Waals surface area contributed by atoms with Gasteiger partial charge in [0.2, 0.25) is 0 Å². The molecule has 2 aliphatic rings. The molecule has 8 heteroatoms. The molecule has 0 bridgehead atoms. The standard InChI is InChI=1S/C27H33FN4O3/c1-4-32-23(18-30-13-15-31(16-14-30)22-12-7-6-11-21(22)28)24(26(33)35-5-2)25(29-27(32)34)20-10-8-9-19(3)17-20/h6-12,17,25H,4-5,13-16,18H2,1-3H3,(H,29,34). The summed E-state index contributed by atoms with van der Waals surface area (Å²) >= 11 is 0. The summed E-state index contributed by atoms with van der Waals surface area (Å²) in [6.45, 7) is 9.44. The van der Waals surface area contributed by atoms with Crippen LogP contribution in [-0.2, 0) is 9.53 Å². The second-order valence-electron chi connectivity index (χ2n) is 8.84. The second-order valence-corrected chi connectivity index (χ2v) is 8.84. The van der Waals surface area contributed by atoms with Gasteiger partial charge in [-0.25, -0.2) is 14.0 Å². The number of urea groups is 1. The minimum Gasteiger partial charge on any atom is -0.463 e. The van der Waals surface area contributed by atoms with E-state index in [4.69, 9.17) is 4.74 Å². The molecule has 4 rings (SSSR count). The Bertz CT molecular complexity index is 1110. The van der Waals surface area contributed by atoms with Crippen LogP contribution in [0.5, 0.6) is 0 Å². The number of ether oxygens (including phenoxy) is 1. The number of hydrogen-bond acceptors (Lipinski definition) is 5. The van der Waals surface area contributed by atoms with Gasteiger partial charge in [-0.15, -0.1) is 0 Å². The largest absolute Gasteiger partial charge is 0.463 e. The molecule has 2 heterocycles. The van der Waals surface area contributed by atoms with E-state index in [1.54, 1.807) is 24.0 Å². The van der Waals surface area contributed by atoms with Crippen LogP contribution < -0.4 is 10.2 Å². The number of halogens is 1. The molecule has 2 aromatic carbocycles. The molecule has 0 saturated carbocycles. The van der Waals surface area contributed by atoms with E-state index in [9.17, 15) is 14.0 Å². The Morgan fingerprint density at radius 3 is 2.49 bits per heavy atom. The highest BCUT2D eigenvalue weighted by atomic mass is 19.1. The Morgan fingerprint density at radius 1 is 1.09 bits per heavy atom. The number of carbonyl (C=O) groups excluding carboxylic acids is 2. The molecular weight excluding hydrogens is 447 g/mol. The number of rotatable bonds is 7. The van der Waals surface area contributed by atoms with Gasteiger partial charge in [0.05, 0.1) is 23.9 Å². The minimum absolute atomic E-state index is 0.227. The molecule has 1 saturated heterocycles. The SMILES string of the molecule is CCOC(=O)C1=C(CN2CCN(c3ccccc3F)CC2)N(CC)C(=O)NC1c1cccc(C)c1. The van der Waals surface area contributed by atoms with Gasteiger partial charge in [-0.05, 0) is 38.5 Å². The van der Waals surface area contributed by atoms with Crippen LogP contribution in [0.1, 0.15) is 31.0 Å². The van der Waals surface area contributed by atoms with Crippen molar-refractivity contribution in [2.24, 2.45) is 0 Å². The molecule has 1 fully saturated rings. The van der Waals surface area contributed by atoms with Crippen LogP contribution in [0.2, 0.25) is 0 Å². The number of esters is 1. The predicted octanol–water partition coefficient (Wildman–Crippen LogP) is 3.86. The first-order valence-corrected chi connectivity index (χ1v) is 12.2. The van der Waals surface area contributed by atoms with Crippen molar-refractivity contribution in [3.63, 3.8) is 0 Å². The summed E-state index contributed by atoms with van der Waals surface area (Å²) in [6.07, 6.45) is 0. The lowest BCUT2D eigenvalue weighted by molar-refractivity contribution is -0.139.